The summed E-state index contributed by atoms with van der Waals surface area (Å²) in [5.74, 6) is 0. The molecular formula is C6H7BrN2. The summed E-state index contributed by atoms with van der Waals surface area (Å²) in [4.78, 5) is 0.297. The van der Waals surface area contributed by atoms with Gasteiger partial charge in [-0.25, -0.2) is 0 Å². The van der Waals surface area contributed by atoms with Gasteiger partial charge in [0, 0.05) is 6.20 Å². The minimum Gasteiger partial charge on any atom is -0.159 e. The first-order valence-electron chi connectivity index (χ1n) is 2.72. The van der Waals surface area contributed by atoms with Crippen LogP contribution in [0.15, 0.2) is 18.3 Å². The van der Waals surface area contributed by atoms with Crippen molar-refractivity contribution in [3.63, 3.8) is 0 Å². The van der Waals surface area contributed by atoms with Gasteiger partial charge in [0.05, 0.1) is 10.5 Å². The van der Waals surface area contributed by atoms with Gasteiger partial charge in [0.2, 0.25) is 0 Å². The third-order valence-electron chi connectivity index (χ3n) is 1.00. The van der Waals surface area contributed by atoms with Crippen molar-refractivity contribution in [2.45, 2.75) is 11.8 Å². The van der Waals surface area contributed by atoms with Gasteiger partial charge in [-0.15, -0.1) is 0 Å². The summed E-state index contributed by atoms with van der Waals surface area (Å²) in [5.41, 5.74) is 0.970. The van der Waals surface area contributed by atoms with Crippen LogP contribution in [0.4, 0.5) is 0 Å². The molecule has 1 atom stereocenters. The Balaban J connectivity index is 2.85. The first-order chi connectivity index (χ1) is 4.30. The van der Waals surface area contributed by atoms with Crippen LogP contribution in [0.5, 0.6) is 0 Å². The van der Waals surface area contributed by atoms with Crippen molar-refractivity contribution in [3.8, 4) is 0 Å². The van der Waals surface area contributed by atoms with Crippen molar-refractivity contribution >= 4 is 15.9 Å². The molecule has 1 unspecified atom stereocenters. The predicted molar refractivity (Wildman–Crippen MR) is 39.4 cm³/mol. The molecule has 48 valence electrons. The monoisotopic (exact) mass is 186 g/mol. The maximum atomic E-state index is 3.88. The maximum Gasteiger partial charge on any atom is 0.0764 e. The summed E-state index contributed by atoms with van der Waals surface area (Å²) in [5, 5.41) is 7.61. The Morgan fingerprint density at radius 1 is 1.67 bits per heavy atom. The van der Waals surface area contributed by atoms with E-state index in [0.29, 0.717) is 4.83 Å². The van der Waals surface area contributed by atoms with Crippen LogP contribution in [0.25, 0.3) is 0 Å². The number of hydrogen-bond donors (Lipinski definition) is 0. The lowest BCUT2D eigenvalue weighted by Gasteiger charge is -1.97. The van der Waals surface area contributed by atoms with Crippen LogP contribution >= 0.6 is 15.9 Å². The van der Waals surface area contributed by atoms with Crippen LogP contribution < -0.4 is 0 Å². The zero-order valence-electron chi connectivity index (χ0n) is 5.08. The van der Waals surface area contributed by atoms with Gasteiger partial charge in [0.1, 0.15) is 0 Å². The molecule has 0 radical (unpaired) electrons. The van der Waals surface area contributed by atoms with E-state index < -0.39 is 0 Å². The topological polar surface area (TPSA) is 25.8 Å². The Hall–Kier alpha value is -0.440. The zero-order chi connectivity index (χ0) is 6.69. The number of aromatic nitrogens is 2. The van der Waals surface area contributed by atoms with Crippen molar-refractivity contribution in [2.75, 3.05) is 0 Å². The standard InChI is InChI=1S/C6H7BrN2/c1-5(7)6-3-2-4-8-9-6/h2-5H,1H3. The number of nitrogens with zero attached hydrogens (tertiary/aromatic N) is 2. The van der Waals surface area contributed by atoms with Crippen LogP contribution in [-0.4, -0.2) is 10.2 Å². The van der Waals surface area contributed by atoms with Crippen LogP contribution in [0.3, 0.4) is 0 Å². The quantitative estimate of drug-likeness (QED) is 0.627. The van der Waals surface area contributed by atoms with E-state index in [4.69, 9.17) is 0 Å². The highest BCUT2D eigenvalue weighted by molar-refractivity contribution is 9.09. The van der Waals surface area contributed by atoms with E-state index in [9.17, 15) is 0 Å². The fraction of sp³-hybridized carbons (Fsp3) is 0.333. The Bertz CT molecular complexity index is 174. The van der Waals surface area contributed by atoms with E-state index >= 15 is 0 Å². The van der Waals surface area contributed by atoms with Crippen molar-refractivity contribution < 1.29 is 0 Å². The lowest BCUT2D eigenvalue weighted by Crippen LogP contribution is -1.89. The molecule has 3 heteroatoms. The van der Waals surface area contributed by atoms with Gasteiger partial charge in [-0.05, 0) is 19.1 Å². The van der Waals surface area contributed by atoms with E-state index in [-0.39, 0.29) is 0 Å². The molecule has 1 aromatic rings. The first-order valence-corrected chi connectivity index (χ1v) is 3.64. The highest BCUT2D eigenvalue weighted by Gasteiger charge is 1.98. The van der Waals surface area contributed by atoms with Gasteiger partial charge in [0.25, 0.3) is 0 Å². The fourth-order valence-electron chi connectivity index (χ4n) is 0.526. The summed E-state index contributed by atoms with van der Waals surface area (Å²) in [7, 11) is 0. The Morgan fingerprint density at radius 3 is 2.78 bits per heavy atom. The van der Waals surface area contributed by atoms with Gasteiger partial charge >= 0.3 is 0 Å². The SMILES string of the molecule is CC(Br)c1cccnn1. The second-order valence-electron chi connectivity index (χ2n) is 1.76. The van der Waals surface area contributed by atoms with Gasteiger partial charge < -0.3 is 0 Å². The molecule has 0 aliphatic rings. The highest BCUT2D eigenvalue weighted by Crippen LogP contribution is 2.16. The average Bonchev–Trinajstić information content (AvgIpc) is 1.90. The molecule has 0 saturated heterocycles. The van der Waals surface area contributed by atoms with Crippen molar-refractivity contribution in [1.29, 1.82) is 0 Å². The molecule has 1 aromatic heterocycles. The van der Waals surface area contributed by atoms with Gasteiger partial charge in [-0.3, -0.25) is 0 Å². The molecular weight excluding hydrogens is 180 g/mol. The summed E-state index contributed by atoms with van der Waals surface area (Å²) in [6.45, 7) is 2.02. The highest BCUT2D eigenvalue weighted by atomic mass is 79.9. The van der Waals surface area contributed by atoms with E-state index in [2.05, 4.69) is 26.1 Å². The molecule has 0 saturated carbocycles. The number of hydrogen-bond acceptors (Lipinski definition) is 2. The van der Waals surface area contributed by atoms with Gasteiger partial charge in [-0.2, -0.15) is 10.2 Å². The molecule has 0 N–H and O–H groups in total. The predicted octanol–water partition coefficient (Wildman–Crippen LogP) is 1.93. The van der Waals surface area contributed by atoms with Gasteiger partial charge in [0.15, 0.2) is 0 Å². The first kappa shape index (κ1) is 6.68. The number of rotatable bonds is 1. The number of alkyl halides is 1. The third-order valence-corrected chi connectivity index (χ3v) is 1.47. The smallest absolute Gasteiger partial charge is 0.0764 e. The summed E-state index contributed by atoms with van der Waals surface area (Å²) >= 11 is 3.38. The minimum absolute atomic E-state index is 0.297. The molecule has 9 heavy (non-hydrogen) atoms. The summed E-state index contributed by atoms with van der Waals surface area (Å²) in [6.07, 6.45) is 1.67. The van der Waals surface area contributed by atoms with E-state index in [1.807, 2.05) is 19.1 Å². The molecule has 0 bridgehead atoms. The van der Waals surface area contributed by atoms with E-state index in [1.54, 1.807) is 6.20 Å². The molecule has 0 spiro atoms. The minimum atomic E-state index is 0.297. The van der Waals surface area contributed by atoms with Crippen LogP contribution in [0, 0.1) is 0 Å². The number of halogens is 1. The zero-order valence-corrected chi connectivity index (χ0v) is 6.67. The molecule has 1 heterocycles. The molecule has 2 nitrogen and oxygen atoms in total. The summed E-state index contributed by atoms with van der Waals surface area (Å²) < 4.78 is 0. The fourth-order valence-corrected chi connectivity index (χ4v) is 0.770. The van der Waals surface area contributed by atoms with Crippen molar-refractivity contribution in [2.24, 2.45) is 0 Å². The van der Waals surface area contributed by atoms with E-state index in [1.165, 1.54) is 0 Å². The lowest BCUT2D eigenvalue weighted by molar-refractivity contribution is 0.914. The Labute approximate surface area is 62.4 Å². The summed E-state index contributed by atoms with van der Waals surface area (Å²) in [6, 6.07) is 3.81. The second-order valence-corrected chi connectivity index (χ2v) is 3.14. The third kappa shape index (κ3) is 1.75. The lowest BCUT2D eigenvalue weighted by atomic mass is 10.3. The average molecular weight is 187 g/mol. The van der Waals surface area contributed by atoms with Crippen LogP contribution in [0.1, 0.15) is 17.4 Å². The van der Waals surface area contributed by atoms with Crippen molar-refractivity contribution in [1.82, 2.24) is 10.2 Å². The molecule has 0 aliphatic carbocycles. The second kappa shape index (κ2) is 2.92. The molecule has 0 aromatic carbocycles. The van der Waals surface area contributed by atoms with Gasteiger partial charge in [-0.1, -0.05) is 15.9 Å². The Morgan fingerprint density at radius 2 is 2.44 bits per heavy atom. The molecule has 0 aliphatic heterocycles. The van der Waals surface area contributed by atoms with E-state index in [0.717, 1.165) is 5.69 Å². The van der Waals surface area contributed by atoms with Crippen molar-refractivity contribution in [3.05, 3.63) is 24.0 Å². The molecule has 1 rings (SSSR count). The Kier molecular flexibility index (Phi) is 2.16. The largest absolute Gasteiger partial charge is 0.159 e. The normalized spacial score (nSPS) is 13.1. The van der Waals surface area contributed by atoms with Crippen LogP contribution in [-0.2, 0) is 0 Å². The molecule has 0 amide bonds. The maximum absolute atomic E-state index is 3.88. The van der Waals surface area contributed by atoms with Crippen LogP contribution in [0.2, 0.25) is 0 Å². The molecule has 0 fully saturated rings.